The van der Waals surface area contributed by atoms with E-state index < -0.39 is 7.92 Å². The van der Waals surface area contributed by atoms with E-state index in [0.717, 1.165) is 19.3 Å². The number of hydrogen-bond acceptors (Lipinski definition) is 2. The average molecular weight is 366 g/mol. The van der Waals surface area contributed by atoms with Crippen LogP contribution in [-0.4, -0.2) is 18.7 Å². The Labute approximate surface area is 157 Å². The molecule has 2 bridgehead atoms. The first-order valence-electron chi connectivity index (χ1n) is 9.50. The van der Waals surface area contributed by atoms with Crippen LogP contribution in [0.15, 0.2) is 60.7 Å². The lowest BCUT2D eigenvalue weighted by Crippen LogP contribution is -2.47. The van der Waals surface area contributed by atoms with Crippen molar-refractivity contribution in [3.63, 3.8) is 0 Å². The lowest BCUT2D eigenvalue weighted by atomic mass is 9.69. The molecular formula is C23H27O2P. The molecule has 2 fully saturated rings. The molecule has 0 heterocycles. The Morgan fingerprint density at radius 1 is 1.00 bits per heavy atom. The van der Waals surface area contributed by atoms with Gasteiger partial charge >= 0.3 is 5.97 Å². The fourth-order valence-corrected chi connectivity index (χ4v) is 9.10. The van der Waals surface area contributed by atoms with E-state index in [-0.39, 0.29) is 16.8 Å². The Hall–Kier alpha value is -1.66. The summed E-state index contributed by atoms with van der Waals surface area (Å²) in [6.07, 6.45) is 3.23. The lowest BCUT2D eigenvalue weighted by Gasteiger charge is -2.43. The Morgan fingerprint density at radius 2 is 1.54 bits per heavy atom. The van der Waals surface area contributed by atoms with Crippen molar-refractivity contribution in [2.45, 2.75) is 38.8 Å². The number of methoxy groups -OCH3 is 1. The number of fused-ring (bicyclic) bond motifs is 2. The van der Waals surface area contributed by atoms with Gasteiger partial charge in [-0.2, -0.15) is 0 Å². The van der Waals surface area contributed by atoms with Gasteiger partial charge in [-0.3, -0.25) is 4.79 Å². The quantitative estimate of drug-likeness (QED) is 0.589. The zero-order chi connectivity index (χ0) is 18.4. The zero-order valence-electron chi connectivity index (χ0n) is 15.8. The first-order valence-corrected chi connectivity index (χ1v) is 10.9. The summed E-state index contributed by atoms with van der Waals surface area (Å²) in [6.45, 7) is 4.59. The van der Waals surface area contributed by atoms with Crippen LogP contribution in [0.4, 0.5) is 0 Å². The summed E-state index contributed by atoms with van der Waals surface area (Å²) < 4.78 is 5.41. The van der Waals surface area contributed by atoms with E-state index in [0.29, 0.717) is 11.6 Å². The Balaban J connectivity index is 1.88. The third-order valence-corrected chi connectivity index (χ3v) is 10.0. The molecule has 0 saturated heterocycles. The van der Waals surface area contributed by atoms with Gasteiger partial charge in [-0.05, 0) is 49.1 Å². The third kappa shape index (κ3) is 2.38. The van der Waals surface area contributed by atoms with E-state index in [2.05, 4.69) is 74.5 Å². The largest absolute Gasteiger partial charge is 0.469 e. The molecule has 0 unspecified atom stereocenters. The van der Waals surface area contributed by atoms with Crippen LogP contribution in [0.3, 0.4) is 0 Å². The molecule has 3 heteroatoms. The van der Waals surface area contributed by atoms with Crippen LogP contribution < -0.4 is 10.6 Å². The van der Waals surface area contributed by atoms with E-state index in [1.807, 2.05) is 0 Å². The van der Waals surface area contributed by atoms with Gasteiger partial charge in [0.1, 0.15) is 0 Å². The predicted molar refractivity (Wildman–Crippen MR) is 108 cm³/mol. The number of hydrogen-bond donors (Lipinski definition) is 0. The van der Waals surface area contributed by atoms with Gasteiger partial charge in [0.05, 0.1) is 12.5 Å². The number of ether oxygens (including phenoxy) is 1. The maximum absolute atomic E-state index is 13.2. The molecule has 0 radical (unpaired) electrons. The van der Waals surface area contributed by atoms with Crippen LogP contribution in [-0.2, 0) is 9.53 Å². The molecule has 2 aliphatic rings. The van der Waals surface area contributed by atoms with Crippen LogP contribution >= 0.6 is 7.92 Å². The van der Waals surface area contributed by atoms with Gasteiger partial charge < -0.3 is 4.74 Å². The van der Waals surface area contributed by atoms with E-state index >= 15 is 0 Å². The Morgan fingerprint density at radius 3 is 2.00 bits per heavy atom. The summed E-state index contributed by atoms with van der Waals surface area (Å²) in [5.41, 5.74) is -0.0397. The fourth-order valence-electron chi connectivity index (χ4n) is 5.62. The van der Waals surface area contributed by atoms with Gasteiger partial charge in [0, 0.05) is 5.66 Å². The third-order valence-electron chi connectivity index (χ3n) is 7.06. The van der Waals surface area contributed by atoms with E-state index in [1.165, 1.54) is 10.6 Å². The molecule has 2 saturated carbocycles. The summed E-state index contributed by atoms with van der Waals surface area (Å²) in [5, 5.41) is 2.73. The van der Waals surface area contributed by atoms with Crippen molar-refractivity contribution in [2.75, 3.05) is 7.11 Å². The van der Waals surface area contributed by atoms with Crippen LogP contribution in [0.25, 0.3) is 0 Å². The highest BCUT2D eigenvalue weighted by Gasteiger charge is 2.70. The van der Waals surface area contributed by atoms with Gasteiger partial charge in [0.25, 0.3) is 0 Å². The molecule has 2 aromatic rings. The highest BCUT2D eigenvalue weighted by Crippen LogP contribution is 2.72. The number of benzene rings is 2. The van der Waals surface area contributed by atoms with Gasteiger partial charge in [-0.25, -0.2) is 0 Å². The minimum atomic E-state index is -0.613. The molecule has 0 aromatic heterocycles. The smallest absolute Gasteiger partial charge is 0.313 e. The first kappa shape index (κ1) is 17.7. The summed E-state index contributed by atoms with van der Waals surface area (Å²) in [6, 6.07) is 21.6. The molecule has 0 N–H and O–H groups in total. The summed E-state index contributed by atoms with van der Waals surface area (Å²) in [4.78, 5) is 13.2. The molecule has 0 spiro atoms. The van der Waals surface area contributed by atoms with Crippen molar-refractivity contribution in [1.82, 2.24) is 0 Å². The van der Waals surface area contributed by atoms with Crippen LogP contribution in [0, 0.1) is 16.7 Å². The molecule has 2 nitrogen and oxygen atoms in total. The molecule has 3 atom stereocenters. The van der Waals surface area contributed by atoms with Crippen molar-refractivity contribution in [3.05, 3.63) is 60.7 Å². The first-order chi connectivity index (χ1) is 12.5. The standard InChI is InChI=1S/C23H27O2P/c1-22(2)17-14-15-23(22,21(24)25-3)20(16-17)26(18-10-6-4-7-11-18)19-12-8-5-9-13-19/h4-13,17,20H,14-16H2,1-3H3/t17-,20+,23+/m1/s1. The highest BCUT2D eigenvalue weighted by atomic mass is 31.1. The predicted octanol–water partition coefficient (Wildman–Crippen LogP) is 4.49. The molecule has 0 amide bonds. The summed E-state index contributed by atoms with van der Waals surface area (Å²) >= 11 is 0. The van der Waals surface area contributed by atoms with E-state index in [1.54, 1.807) is 7.11 Å². The van der Waals surface area contributed by atoms with Gasteiger partial charge in [0.2, 0.25) is 0 Å². The normalized spacial score (nSPS) is 29.1. The lowest BCUT2D eigenvalue weighted by molar-refractivity contribution is -0.157. The van der Waals surface area contributed by atoms with Crippen LogP contribution in [0.5, 0.6) is 0 Å². The number of carbonyl (C=O) groups excluding carboxylic acids is 1. The number of esters is 1. The molecule has 0 aliphatic heterocycles. The summed E-state index contributed by atoms with van der Waals surface area (Å²) in [5.74, 6) is 0.607. The van der Waals surface area contributed by atoms with E-state index in [4.69, 9.17) is 4.74 Å². The second-order valence-corrected chi connectivity index (χ2v) is 10.6. The van der Waals surface area contributed by atoms with Gasteiger partial charge in [-0.15, -0.1) is 0 Å². The average Bonchev–Trinajstić information content (AvgIpc) is 3.06. The van der Waals surface area contributed by atoms with Gasteiger partial charge in [0.15, 0.2) is 0 Å². The van der Waals surface area contributed by atoms with Crippen molar-refractivity contribution in [1.29, 1.82) is 0 Å². The molecule has 136 valence electrons. The minimum Gasteiger partial charge on any atom is -0.469 e. The topological polar surface area (TPSA) is 26.3 Å². The molecule has 4 rings (SSSR count). The number of carbonyl (C=O) groups is 1. The SMILES string of the molecule is COC(=O)[C@]12CC[C@H](C[C@@H]1P(c1ccccc1)c1ccccc1)C2(C)C. The van der Waals surface area contributed by atoms with Crippen molar-refractivity contribution in [2.24, 2.45) is 16.7 Å². The monoisotopic (exact) mass is 366 g/mol. The molecule has 26 heavy (non-hydrogen) atoms. The minimum absolute atomic E-state index is 0.00506. The molecule has 2 aromatic carbocycles. The van der Waals surface area contributed by atoms with Crippen LogP contribution in [0.2, 0.25) is 0 Å². The maximum atomic E-state index is 13.2. The van der Waals surface area contributed by atoms with Crippen molar-refractivity contribution < 1.29 is 9.53 Å². The second-order valence-electron chi connectivity index (χ2n) is 8.21. The summed E-state index contributed by atoms with van der Waals surface area (Å²) in [7, 11) is 0.946. The Kier molecular flexibility index (Phi) is 4.43. The number of rotatable bonds is 4. The molecule has 2 aliphatic carbocycles. The molecular weight excluding hydrogens is 339 g/mol. The van der Waals surface area contributed by atoms with Gasteiger partial charge in [-0.1, -0.05) is 74.5 Å². The second kappa shape index (κ2) is 6.50. The van der Waals surface area contributed by atoms with E-state index in [9.17, 15) is 4.79 Å². The Bertz CT molecular complexity index is 747. The fraction of sp³-hybridized carbons (Fsp3) is 0.435. The highest BCUT2D eigenvalue weighted by molar-refractivity contribution is 7.73. The van der Waals surface area contributed by atoms with Crippen molar-refractivity contribution in [3.8, 4) is 0 Å². The van der Waals surface area contributed by atoms with Crippen molar-refractivity contribution >= 4 is 24.5 Å². The maximum Gasteiger partial charge on any atom is 0.313 e. The van der Waals surface area contributed by atoms with Crippen LogP contribution in [0.1, 0.15) is 33.1 Å². The zero-order valence-corrected chi connectivity index (χ0v) is 16.7.